The number of carbonyl (C=O) groups is 1. The largest absolute Gasteiger partial charge is 0.295 e. The minimum Gasteiger partial charge on any atom is -0.295 e. The van der Waals surface area contributed by atoms with Crippen LogP contribution in [0.5, 0.6) is 0 Å². The minimum atomic E-state index is -0.719. The van der Waals surface area contributed by atoms with Gasteiger partial charge in [0.05, 0.1) is 17.5 Å². The van der Waals surface area contributed by atoms with E-state index in [4.69, 9.17) is 4.98 Å². The Morgan fingerprint density at radius 3 is 1.92 bits per heavy atom. The highest BCUT2D eigenvalue weighted by Gasteiger charge is 2.43. The molecule has 1 atom stereocenters. The number of nitriles is 1. The molecule has 0 N–H and O–H groups in total. The first-order valence-electron chi connectivity index (χ1n) is 13.3. The summed E-state index contributed by atoms with van der Waals surface area (Å²) in [5.74, 6) is 0.0427. The maximum absolute atomic E-state index is 12.1. The zero-order chi connectivity index (χ0) is 26.8. The van der Waals surface area contributed by atoms with Crippen LogP contribution < -0.4 is 0 Å². The molecule has 39 heavy (non-hydrogen) atoms. The van der Waals surface area contributed by atoms with Gasteiger partial charge in [0.25, 0.3) is 0 Å². The number of aromatic nitrogens is 1. The van der Waals surface area contributed by atoms with Crippen LogP contribution in [0.3, 0.4) is 0 Å². The molecule has 6 rings (SSSR count). The average molecular weight is 505 g/mol. The normalized spacial score (nSPS) is 15.9. The Morgan fingerprint density at radius 2 is 1.33 bits per heavy atom. The average Bonchev–Trinajstić information content (AvgIpc) is 3.35. The third-order valence-electron chi connectivity index (χ3n) is 7.81. The number of Topliss-reactive ketones (excluding diaryl/α,β-unsaturated/α-hetero) is 1. The van der Waals surface area contributed by atoms with Crippen molar-refractivity contribution in [2.75, 3.05) is 0 Å². The molecule has 0 spiro atoms. The van der Waals surface area contributed by atoms with Crippen molar-refractivity contribution in [3.63, 3.8) is 0 Å². The van der Waals surface area contributed by atoms with Crippen molar-refractivity contribution < 1.29 is 4.79 Å². The second kappa shape index (κ2) is 10.2. The molecule has 1 heterocycles. The van der Waals surface area contributed by atoms with Gasteiger partial charge >= 0.3 is 0 Å². The van der Waals surface area contributed by atoms with E-state index in [2.05, 4.69) is 54.6 Å². The standard InChI is InChI=1S/C36H28N2O/c1-25(39)27-17-19-29(20-18-27)32-31-21-22-36(24-37,23-26-11-5-2-6-12-26)35(31)38-34(30-15-9-4-10-16-30)33(32)28-13-7-3-8-14-28/h2-20H,21-23H2,1H3. The molecule has 1 aliphatic carbocycles. The molecule has 0 saturated heterocycles. The molecule has 0 saturated carbocycles. The van der Waals surface area contributed by atoms with Crippen LogP contribution in [0, 0.1) is 11.3 Å². The summed E-state index contributed by atoms with van der Waals surface area (Å²) in [5, 5.41) is 10.7. The summed E-state index contributed by atoms with van der Waals surface area (Å²) in [6.07, 6.45) is 2.10. The zero-order valence-electron chi connectivity index (χ0n) is 21.9. The Labute approximate surface area is 229 Å². The van der Waals surface area contributed by atoms with Gasteiger partial charge in [-0.1, -0.05) is 115 Å². The predicted molar refractivity (Wildman–Crippen MR) is 156 cm³/mol. The fourth-order valence-corrected chi connectivity index (χ4v) is 5.86. The maximum atomic E-state index is 12.1. The lowest BCUT2D eigenvalue weighted by molar-refractivity contribution is 0.101. The third-order valence-corrected chi connectivity index (χ3v) is 7.81. The highest BCUT2D eigenvalue weighted by Crippen LogP contribution is 2.50. The Bertz CT molecular complexity index is 1690. The summed E-state index contributed by atoms with van der Waals surface area (Å²) in [5.41, 5.74) is 9.26. The van der Waals surface area contributed by atoms with E-state index in [0.29, 0.717) is 18.4 Å². The molecule has 0 amide bonds. The first kappa shape index (κ1) is 24.5. The van der Waals surface area contributed by atoms with Gasteiger partial charge < -0.3 is 0 Å². The summed E-state index contributed by atoms with van der Waals surface area (Å²) in [7, 11) is 0. The van der Waals surface area contributed by atoms with Crippen molar-refractivity contribution in [3.05, 3.63) is 138 Å². The molecule has 4 aromatic carbocycles. The topological polar surface area (TPSA) is 53.8 Å². The molecule has 1 aromatic heterocycles. The Hall–Kier alpha value is -4.81. The molecule has 3 heteroatoms. The van der Waals surface area contributed by atoms with Crippen molar-refractivity contribution in [2.24, 2.45) is 0 Å². The van der Waals surface area contributed by atoms with Crippen LogP contribution >= 0.6 is 0 Å². The molecule has 0 aliphatic heterocycles. The van der Waals surface area contributed by atoms with Gasteiger partial charge in [0.2, 0.25) is 0 Å². The molecule has 5 aromatic rings. The number of hydrogen-bond acceptors (Lipinski definition) is 3. The lowest BCUT2D eigenvalue weighted by Crippen LogP contribution is -2.25. The molecular weight excluding hydrogens is 476 g/mol. The fraction of sp³-hybridized carbons (Fsp3) is 0.139. The molecule has 188 valence electrons. The smallest absolute Gasteiger partial charge is 0.159 e. The van der Waals surface area contributed by atoms with E-state index in [1.165, 1.54) is 0 Å². The highest BCUT2D eigenvalue weighted by molar-refractivity contribution is 5.97. The van der Waals surface area contributed by atoms with Crippen LogP contribution in [0.4, 0.5) is 0 Å². The van der Waals surface area contributed by atoms with Gasteiger partial charge in [0.1, 0.15) is 5.41 Å². The lowest BCUT2D eigenvalue weighted by Gasteiger charge is -2.25. The number of nitrogens with zero attached hydrogens (tertiary/aromatic N) is 2. The highest BCUT2D eigenvalue weighted by atomic mass is 16.1. The van der Waals surface area contributed by atoms with Gasteiger partial charge in [0.15, 0.2) is 5.78 Å². The van der Waals surface area contributed by atoms with Gasteiger partial charge in [-0.05, 0) is 54.0 Å². The molecular formula is C36H28N2O. The van der Waals surface area contributed by atoms with Crippen LogP contribution in [0.25, 0.3) is 33.5 Å². The van der Waals surface area contributed by atoms with Crippen LogP contribution in [0.15, 0.2) is 115 Å². The minimum absolute atomic E-state index is 0.0427. The van der Waals surface area contributed by atoms with Crippen LogP contribution in [-0.2, 0) is 18.3 Å². The van der Waals surface area contributed by atoms with Gasteiger partial charge in [-0.25, -0.2) is 0 Å². The van der Waals surface area contributed by atoms with Crippen molar-refractivity contribution in [1.82, 2.24) is 4.98 Å². The predicted octanol–water partition coefficient (Wildman–Crippen LogP) is 8.24. The van der Waals surface area contributed by atoms with E-state index in [0.717, 1.165) is 56.8 Å². The van der Waals surface area contributed by atoms with Crippen molar-refractivity contribution in [3.8, 4) is 39.6 Å². The first-order valence-corrected chi connectivity index (χ1v) is 13.3. The van der Waals surface area contributed by atoms with Crippen molar-refractivity contribution in [2.45, 2.75) is 31.6 Å². The Balaban J connectivity index is 1.68. The third kappa shape index (κ3) is 4.45. The molecule has 1 aliphatic rings. The summed E-state index contributed by atoms with van der Waals surface area (Å²) in [6.45, 7) is 1.59. The van der Waals surface area contributed by atoms with Crippen LogP contribution in [-0.4, -0.2) is 10.8 Å². The number of carbonyl (C=O) groups excluding carboxylic acids is 1. The number of pyridine rings is 1. The summed E-state index contributed by atoms with van der Waals surface area (Å²) in [4.78, 5) is 17.4. The number of ketones is 1. The second-order valence-electron chi connectivity index (χ2n) is 10.3. The van der Waals surface area contributed by atoms with E-state index < -0.39 is 5.41 Å². The van der Waals surface area contributed by atoms with Gasteiger partial charge in [-0.3, -0.25) is 9.78 Å². The molecule has 3 nitrogen and oxygen atoms in total. The monoisotopic (exact) mass is 504 g/mol. The molecule has 0 fully saturated rings. The first-order chi connectivity index (χ1) is 19.1. The van der Waals surface area contributed by atoms with Crippen LogP contribution in [0.2, 0.25) is 0 Å². The van der Waals surface area contributed by atoms with E-state index in [1.54, 1.807) is 6.92 Å². The van der Waals surface area contributed by atoms with Crippen molar-refractivity contribution >= 4 is 5.78 Å². The van der Waals surface area contributed by atoms with Gasteiger partial charge in [0, 0.05) is 16.7 Å². The molecule has 0 bridgehead atoms. The fourth-order valence-electron chi connectivity index (χ4n) is 5.86. The summed E-state index contributed by atoms with van der Waals surface area (Å²) in [6, 6.07) is 41.5. The Morgan fingerprint density at radius 1 is 0.769 bits per heavy atom. The lowest BCUT2D eigenvalue weighted by atomic mass is 9.79. The Kier molecular flexibility index (Phi) is 6.39. The molecule has 0 radical (unpaired) electrons. The number of rotatable bonds is 6. The summed E-state index contributed by atoms with van der Waals surface area (Å²) >= 11 is 0. The van der Waals surface area contributed by atoms with Gasteiger partial charge in [-0.15, -0.1) is 0 Å². The number of fused-ring (bicyclic) bond motifs is 1. The number of hydrogen-bond donors (Lipinski definition) is 0. The van der Waals surface area contributed by atoms with E-state index in [-0.39, 0.29) is 5.78 Å². The van der Waals surface area contributed by atoms with Gasteiger partial charge in [-0.2, -0.15) is 5.26 Å². The number of benzene rings is 4. The SMILES string of the molecule is CC(=O)c1ccc(-c2c3c(nc(-c4ccccc4)c2-c2ccccc2)C(C#N)(Cc2ccccc2)CC3)cc1. The zero-order valence-corrected chi connectivity index (χ0v) is 21.9. The quantitative estimate of drug-likeness (QED) is 0.219. The van der Waals surface area contributed by atoms with E-state index in [1.807, 2.05) is 66.7 Å². The van der Waals surface area contributed by atoms with E-state index >= 15 is 0 Å². The summed E-state index contributed by atoms with van der Waals surface area (Å²) < 4.78 is 0. The van der Waals surface area contributed by atoms with E-state index in [9.17, 15) is 10.1 Å². The molecule has 1 unspecified atom stereocenters. The van der Waals surface area contributed by atoms with Crippen molar-refractivity contribution in [1.29, 1.82) is 5.26 Å². The second-order valence-corrected chi connectivity index (χ2v) is 10.3. The van der Waals surface area contributed by atoms with Crippen LogP contribution in [0.1, 0.15) is 40.5 Å². The maximum Gasteiger partial charge on any atom is 0.159 e.